The Hall–Kier alpha value is -3.49. The third kappa shape index (κ3) is 3.92. The molecular weight excluding hydrogens is 455 g/mol. The van der Waals surface area contributed by atoms with E-state index in [1.54, 1.807) is 15.5 Å². The van der Waals surface area contributed by atoms with Crippen molar-refractivity contribution in [3.05, 3.63) is 59.4 Å². The number of allylic oxidation sites excluding steroid dienone is 4. The van der Waals surface area contributed by atoms with Crippen molar-refractivity contribution < 1.29 is 21.6 Å². The summed E-state index contributed by atoms with van der Waals surface area (Å²) >= 11 is 0. The van der Waals surface area contributed by atoms with E-state index in [0.717, 1.165) is 24.4 Å². The number of nitriles is 1. The van der Waals surface area contributed by atoms with Gasteiger partial charge in [0, 0.05) is 23.5 Å². The number of hydrogen-bond donors (Lipinski definition) is 1. The Kier molecular flexibility index (Phi) is 5.38. The maximum Gasteiger partial charge on any atom is 0.404 e. The van der Waals surface area contributed by atoms with Crippen molar-refractivity contribution in [3.63, 3.8) is 0 Å². The Labute approximate surface area is 187 Å². The number of rotatable bonds is 5. The molecule has 4 rings (SSSR count). The van der Waals surface area contributed by atoms with Gasteiger partial charge >= 0.3 is 6.18 Å². The summed E-state index contributed by atoms with van der Waals surface area (Å²) in [6.07, 6.45) is 3.44. The Balaban J connectivity index is 1.87. The fourth-order valence-corrected chi connectivity index (χ4v) is 4.93. The molecule has 0 amide bonds. The van der Waals surface area contributed by atoms with Gasteiger partial charge in [-0.05, 0) is 56.2 Å². The van der Waals surface area contributed by atoms with Gasteiger partial charge in [0.05, 0.1) is 17.0 Å². The van der Waals surface area contributed by atoms with Crippen LogP contribution in [0, 0.1) is 25.2 Å². The molecule has 0 spiro atoms. The van der Waals surface area contributed by atoms with E-state index < -0.39 is 22.2 Å². The molecule has 3 aromatic rings. The minimum atomic E-state index is -4.73. The molecule has 1 aliphatic carbocycles. The molecule has 0 fully saturated rings. The second-order valence-corrected chi connectivity index (χ2v) is 9.41. The monoisotopic (exact) mass is 473 g/mol. The highest BCUT2D eigenvalue weighted by Crippen LogP contribution is 2.37. The standard InChI is InChI=1S/C22H18F3N5O2S/c1-12-7-16-17(9-26)20(30(15-5-4-6-15)21(16)28-10-12)18-8-13(2)19(11-27-18)33(31,32)29-14(3)22(23,24)25/h4-8,10-11,14,29H,1-3H3/t14-/m0/s1. The third-order valence-corrected chi connectivity index (χ3v) is 6.94. The van der Waals surface area contributed by atoms with Gasteiger partial charge in [-0.3, -0.25) is 9.55 Å². The number of fused-ring (bicyclic) bond motifs is 1. The number of halogens is 3. The van der Waals surface area contributed by atoms with Gasteiger partial charge in [-0.2, -0.15) is 23.2 Å². The fraction of sp³-hybridized carbons (Fsp3) is 0.227. The van der Waals surface area contributed by atoms with E-state index in [1.165, 1.54) is 13.0 Å². The number of pyridine rings is 2. The highest BCUT2D eigenvalue weighted by molar-refractivity contribution is 7.89. The van der Waals surface area contributed by atoms with Crippen molar-refractivity contribution in [3.8, 4) is 17.5 Å². The molecule has 170 valence electrons. The summed E-state index contributed by atoms with van der Waals surface area (Å²) in [7, 11) is -4.48. The van der Waals surface area contributed by atoms with Gasteiger partial charge in [0.1, 0.15) is 22.7 Å². The van der Waals surface area contributed by atoms with Crippen molar-refractivity contribution in [2.75, 3.05) is 0 Å². The highest BCUT2D eigenvalue weighted by Gasteiger charge is 2.39. The Morgan fingerprint density at radius 1 is 1.18 bits per heavy atom. The van der Waals surface area contributed by atoms with E-state index in [0.29, 0.717) is 28.0 Å². The predicted octanol–water partition coefficient (Wildman–Crippen LogP) is 4.23. The largest absolute Gasteiger partial charge is 0.404 e. The lowest BCUT2D eigenvalue weighted by Gasteiger charge is -2.18. The van der Waals surface area contributed by atoms with Gasteiger partial charge in [0.15, 0.2) is 0 Å². The van der Waals surface area contributed by atoms with Crippen molar-refractivity contribution >= 4 is 26.8 Å². The Morgan fingerprint density at radius 2 is 1.88 bits per heavy atom. The lowest BCUT2D eigenvalue weighted by atomic mass is 10.1. The first kappa shape index (κ1) is 22.7. The first-order chi connectivity index (χ1) is 15.4. The number of nitrogens with one attached hydrogen (secondary N) is 1. The lowest BCUT2D eigenvalue weighted by Crippen LogP contribution is -2.43. The van der Waals surface area contributed by atoms with Gasteiger partial charge in [-0.1, -0.05) is 6.08 Å². The van der Waals surface area contributed by atoms with Gasteiger partial charge < -0.3 is 0 Å². The van der Waals surface area contributed by atoms with Crippen LogP contribution in [-0.2, 0) is 10.0 Å². The fourth-order valence-electron chi connectivity index (χ4n) is 3.53. The molecule has 3 aromatic heterocycles. The van der Waals surface area contributed by atoms with Crippen LogP contribution < -0.4 is 4.72 Å². The van der Waals surface area contributed by atoms with Crippen LogP contribution >= 0.6 is 0 Å². The van der Waals surface area contributed by atoms with Crippen molar-refractivity contribution in [1.29, 1.82) is 5.26 Å². The number of alkyl halides is 3. The summed E-state index contributed by atoms with van der Waals surface area (Å²) in [6, 6.07) is 3.19. The van der Waals surface area contributed by atoms with Crippen LogP contribution in [0.3, 0.4) is 0 Å². The number of aryl methyl sites for hydroxylation is 2. The molecule has 1 atom stereocenters. The minimum Gasteiger partial charge on any atom is -0.291 e. The topological polar surface area (TPSA) is 101 Å². The van der Waals surface area contributed by atoms with E-state index in [4.69, 9.17) is 0 Å². The molecule has 11 heteroatoms. The molecule has 1 aliphatic rings. The molecule has 0 saturated carbocycles. The zero-order valence-corrected chi connectivity index (χ0v) is 18.6. The summed E-state index contributed by atoms with van der Waals surface area (Å²) in [5, 5.41) is 10.5. The molecule has 0 aromatic carbocycles. The predicted molar refractivity (Wildman–Crippen MR) is 116 cm³/mol. The molecule has 33 heavy (non-hydrogen) atoms. The molecular formula is C22H18F3N5O2S. The summed E-state index contributed by atoms with van der Waals surface area (Å²) < 4.78 is 67.1. The average Bonchev–Trinajstić information content (AvgIpc) is 2.98. The van der Waals surface area contributed by atoms with Crippen LogP contribution in [0.4, 0.5) is 13.2 Å². The summed E-state index contributed by atoms with van der Waals surface area (Å²) in [4.78, 5) is 8.32. The SMILES string of the molecule is Cc1cnc2c(c1)c(C#N)c(-c1cc(C)c(S(=O)(=O)N[C@@H](C)C(F)(F)F)cn1)n2C1=CC=C1. The van der Waals surface area contributed by atoms with Crippen LogP contribution in [0.2, 0.25) is 0 Å². The molecule has 0 unspecified atom stereocenters. The van der Waals surface area contributed by atoms with E-state index >= 15 is 0 Å². The van der Waals surface area contributed by atoms with Crippen molar-refractivity contribution in [2.24, 2.45) is 0 Å². The van der Waals surface area contributed by atoms with Gasteiger partial charge in [-0.25, -0.2) is 13.4 Å². The first-order valence-corrected chi connectivity index (χ1v) is 11.3. The van der Waals surface area contributed by atoms with E-state index in [9.17, 15) is 26.9 Å². The van der Waals surface area contributed by atoms with Gasteiger partial charge in [-0.15, -0.1) is 0 Å². The normalized spacial score (nSPS) is 14.6. The quantitative estimate of drug-likeness (QED) is 0.598. The molecule has 1 N–H and O–H groups in total. The Morgan fingerprint density at radius 3 is 2.42 bits per heavy atom. The van der Waals surface area contributed by atoms with Gasteiger partial charge in [0.25, 0.3) is 0 Å². The molecule has 0 bridgehead atoms. The van der Waals surface area contributed by atoms with E-state index in [2.05, 4.69) is 16.0 Å². The minimum absolute atomic E-state index is 0.185. The third-order valence-electron chi connectivity index (χ3n) is 5.27. The van der Waals surface area contributed by atoms with E-state index in [1.807, 2.05) is 31.2 Å². The molecule has 0 saturated heterocycles. The summed E-state index contributed by atoms with van der Waals surface area (Å²) in [5.74, 6) is 0. The van der Waals surface area contributed by atoms with Gasteiger partial charge in [0.2, 0.25) is 10.0 Å². The highest BCUT2D eigenvalue weighted by atomic mass is 32.2. The van der Waals surface area contributed by atoms with Crippen LogP contribution in [0.1, 0.15) is 23.6 Å². The summed E-state index contributed by atoms with van der Waals surface area (Å²) in [6.45, 7) is 4.03. The second kappa shape index (κ2) is 7.83. The van der Waals surface area contributed by atoms with Crippen molar-refractivity contribution in [2.45, 2.75) is 37.9 Å². The van der Waals surface area contributed by atoms with Crippen LogP contribution in [0.5, 0.6) is 0 Å². The molecule has 0 radical (unpaired) electrons. The Bertz CT molecular complexity index is 1490. The number of aromatic nitrogens is 3. The smallest absolute Gasteiger partial charge is 0.291 e. The first-order valence-electron chi connectivity index (χ1n) is 9.80. The molecule has 3 heterocycles. The van der Waals surface area contributed by atoms with E-state index in [-0.39, 0.29) is 10.5 Å². The molecule has 7 nitrogen and oxygen atoms in total. The number of sulfonamides is 1. The zero-order chi connectivity index (χ0) is 24.1. The van der Waals surface area contributed by atoms with Crippen LogP contribution in [0.25, 0.3) is 28.1 Å². The second-order valence-electron chi connectivity index (χ2n) is 7.72. The number of nitrogens with zero attached hydrogens (tertiary/aromatic N) is 4. The maximum absolute atomic E-state index is 12.9. The summed E-state index contributed by atoms with van der Waals surface area (Å²) in [5.41, 5.74) is 3.38. The average molecular weight is 473 g/mol. The van der Waals surface area contributed by atoms with Crippen LogP contribution in [-0.4, -0.2) is 35.2 Å². The lowest BCUT2D eigenvalue weighted by molar-refractivity contribution is -0.147. The molecule has 0 aliphatic heterocycles. The van der Waals surface area contributed by atoms with Crippen molar-refractivity contribution in [1.82, 2.24) is 19.3 Å². The maximum atomic E-state index is 12.9. The number of hydrogen-bond acceptors (Lipinski definition) is 5. The zero-order valence-electron chi connectivity index (χ0n) is 17.8. The van der Waals surface area contributed by atoms with Crippen LogP contribution in [0.15, 0.2) is 47.6 Å².